The highest BCUT2D eigenvalue weighted by atomic mass is 16.4. The molecule has 0 amide bonds. The van der Waals surface area contributed by atoms with Crippen LogP contribution >= 0.6 is 0 Å². The summed E-state index contributed by atoms with van der Waals surface area (Å²) < 4.78 is 0. The van der Waals surface area contributed by atoms with Crippen molar-refractivity contribution in [2.75, 3.05) is 5.73 Å². The fourth-order valence-corrected chi connectivity index (χ4v) is 1.58. The lowest BCUT2D eigenvalue weighted by Crippen LogP contribution is -2.06. The maximum Gasteiger partial charge on any atom is 0.119 e. The summed E-state index contributed by atoms with van der Waals surface area (Å²) in [6.45, 7) is 0. The van der Waals surface area contributed by atoms with Gasteiger partial charge in [0.05, 0.1) is 0 Å². The van der Waals surface area contributed by atoms with Crippen LogP contribution in [0.2, 0.25) is 0 Å². The summed E-state index contributed by atoms with van der Waals surface area (Å²) in [6.07, 6.45) is 0. The predicted molar refractivity (Wildman–Crippen MR) is 64.7 cm³/mol. The number of benzene rings is 2. The minimum absolute atomic E-state index is 0.485. The zero-order valence-corrected chi connectivity index (χ0v) is 8.67. The molecule has 0 spiro atoms. The molecule has 2 rings (SSSR count). The number of nitrogen functional groups attached to an aromatic ring is 1. The molecule has 3 N–H and O–H groups in total. The standard InChI is InChI=1S/C13H12N2O/c14-12-9-5-4-8-11(12)13(15-16)10-6-2-1-3-7-10/h1-9,16H,14H2/b15-13+. The van der Waals surface area contributed by atoms with Gasteiger partial charge in [-0.1, -0.05) is 53.7 Å². The second kappa shape index (κ2) is 4.49. The number of anilines is 1. The van der Waals surface area contributed by atoms with Gasteiger partial charge >= 0.3 is 0 Å². The van der Waals surface area contributed by atoms with Gasteiger partial charge in [-0.25, -0.2) is 0 Å². The van der Waals surface area contributed by atoms with Gasteiger partial charge in [-0.15, -0.1) is 0 Å². The van der Waals surface area contributed by atoms with E-state index in [1.807, 2.05) is 48.5 Å². The van der Waals surface area contributed by atoms with Gasteiger partial charge in [0.1, 0.15) is 5.71 Å². The van der Waals surface area contributed by atoms with Crippen LogP contribution < -0.4 is 5.73 Å². The zero-order valence-electron chi connectivity index (χ0n) is 8.67. The van der Waals surface area contributed by atoms with E-state index in [9.17, 15) is 0 Å². The number of hydrogen-bond donors (Lipinski definition) is 2. The molecule has 0 atom stereocenters. The first-order valence-corrected chi connectivity index (χ1v) is 4.95. The normalized spacial score (nSPS) is 11.4. The van der Waals surface area contributed by atoms with E-state index in [1.165, 1.54) is 0 Å². The number of para-hydroxylation sites is 1. The molecule has 0 fully saturated rings. The molecule has 3 heteroatoms. The van der Waals surface area contributed by atoms with Crippen molar-refractivity contribution in [3.05, 3.63) is 65.7 Å². The summed E-state index contributed by atoms with van der Waals surface area (Å²) in [5, 5.41) is 12.4. The maximum absolute atomic E-state index is 9.09. The molecule has 0 bridgehead atoms. The summed E-state index contributed by atoms with van der Waals surface area (Å²) in [5.41, 5.74) is 8.49. The quantitative estimate of drug-likeness (QED) is 0.348. The summed E-state index contributed by atoms with van der Waals surface area (Å²) >= 11 is 0. The van der Waals surface area contributed by atoms with Gasteiger partial charge < -0.3 is 10.9 Å². The lowest BCUT2D eigenvalue weighted by Gasteiger charge is -2.07. The molecular formula is C13H12N2O. The van der Waals surface area contributed by atoms with E-state index in [-0.39, 0.29) is 0 Å². The highest BCUT2D eigenvalue weighted by Crippen LogP contribution is 2.16. The summed E-state index contributed by atoms with van der Waals surface area (Å²) in [7, 11) is 0. The van der Waals surface area contributed by atoms with Crippen LogP contribution in [0.15, 0.2) is 59.8 Å². The largest absolute Gasteiger partial charge is 0.410 e. The molecule has 0 aliphatic heterocycles. The second-order valence-electron chi connectivity index (χ2n) is 3.40. The zero-order chi connectivity index (χ0) is 11.4. The molecular weight excluding hydrogens is 200 g/mol. The minimum Gasteiger partial charge on any atom is -0.410 e. The van der Waals surface area contributed by atoms with Crippen molar-refractivity contribution < 1.29 is 5.21 Å². The van der Waals surface area contributed by atoms with Gasteiger partial charge in [0.2, 0.25) is 0 Å². The van der Waals surface area contributed by atoms with Gasteiger partial charge in [0.15, 0.2) is 0 Å². The van der Waals surface area contributed by atoms with Crippen LogP contribution in [0.5, 0.6) is 0 Å². The Labute approximate surface area is 93.8 Å². The number of nitrogens with two attached hydrogens (primary N) is 1. The second-order valence-corrected chi connectivity index (χ2v) is 3.40. The van der Waals surface area contributed by atoms with Crippen molar-refractivity contribution in [1.82, 2.24) is 0 Å². The Morgan fingerprint density at radius 2 is 1.56 bits per heavy atom. The molecule has 0 saturated carbocycles. The molecule has 3 nitrogen and oxygen atoms in total. The molecule has 0 unspecified atom stereocenters. The number of nitrogens with zero attached hydrogens (tertiary/aromatic N) is 1. The Morgan fingerprint density at radius 3 is 2.19 bits per heavy atom. The van der Waals surface area contributed by atoms with Crippen molar-refractivity contribution >= 4 is 11.4 Å². The van der Waals surface area contributed by atoms with Gasteiger partial charge in [-0.2, -0.15) is 0 Å². The third-order valence-electron chi connectivity index (χ3n) is 2.36. The first kappa shape index (κ1) is 10.2. The fourth-order valence-electron chi connectivity index (χ4n) is 1.58. The van der Waals surface area contributed by atoms with Crippen molar-refractivity contribution in [2.24, 2.45) is 5.16 Å². The first-order chi connectivity index (χ1) is 7.83. The van der Waals surface area contributed by atoms with Gasteiger partial charge in [-0.05, 0) is 6.07 Å². The Hall–Kier alpha value is -2.29. The summed E-state index contributed by atoms with van der Waals surface area (Å²) in [6, 6.07) is 16.8. The third kappa shape index (κ3) is 1.88. The van der Waals surface area contributed by atoms with Gasteiger partial charge in [-0.3, -0.25) is 0 Å². The van der Waals surface area contributed by atoms with Gasteiger partial charge in [0, 0.05) is 16.8 Å². The Bertz CT molecular complexity index is 506. The maximum atomic E-state index is 9.09. The molecule has 0 aliphatic rings. The van der Waals surface area contributed by atoms with Crippen molar-refractivity contribution in [1.29, 1.82) is 0 Å². The summed E-state index contributed by atoms with van der Waals surface area (Å²) in [4.78, 5) is 0. The predicted octanol–water partition coefficient (Wildman–Crippen LogP) is 2.50. The topological polar surface area (TPSA) is 58.6 Å². The van der Waals surface area contributed by atoms with Crippen molar-refractivity contribution in [3.8, 4) is 0 Å². The Kier molecular flexibility index (Phi) is 2.87. The lowest BCUT2D eigenvalue weighted by atomic mass is 10.0. The highest BCUT2D eigenvalue weighted by molar-refractivity contribution is 6.15. The molecule has 80 valence electrons. The highest BCUT2D eigenvalue weighted by Gasteiger charge is 2.09. The average molecular weight is 212 g/mol. The summed E-state index contributed by atoms with van der Waals surface area (Å²) in [5.74, 6) is 0. The van der Waals surface area contributed by atoms with Gasteiger partial charge in [0.25, 0.3) is 0 Å². The van der Waals surface area contributed by atoms with E-state index < -0.39 is 0 Å². The van der Waals surface area contributed by atoms with E-state index in [4.69, 9.17) is 10.9 Å². The van der Waals surface area contributed by atoms with E-state index >= 15 is 0 Å². The van der Waals surface area contributed by atoms with Crippen LogP contribution in [0.1, 0.15) is 11.1 Å². The van der Waals surface area contributed by atoms with Crippen LogP contribution in [0.25, 0.3) is 0 Å². The molecule has 0 radical (unpaired) electrons. The van der Waals surface area contributed by atoms with Crippen LogP contribution in [-0.4, -0.2) is 10.9 Å². The smallest absolute Gasteiger partial charge is 0.119 e. The van der Waals surface area contributed by atoms with E-state index in [2.05, 4.69) is 5.16 Å². The lowest BCUT2D eigenvalue weighted by molar-refractivity contribution is 0.319. The SMILES string of the molecule is Nc1ccccc1/C(=N/O)c1ccccc1. The van der Waals surface area contributed by atoms with Crippen LogP contribution in [0.3, 0.4) is 0 Å². The third-order valence-corrected chi connectivity index (χ3v) is 2.36. The first-order valence-electron chi connectivity index (χ1n) is 4.95. The van der Waals surface area contributed by atoms with E-state index in [0.717, 1.165) is 11.1 Å². The molecule has 2 aromatic carbocycles. The van der Waals surface area contributed by atoms with Crippen molar-refractivity contribution in [3.63, 3.8) is 0 Å². The fraction of sp³-hybridized carbons (Fsp3) is 0. The molecule has 16 heavy (non-hydrogen) atoms. The number of rotatable bonds is 2. The molecule has 2 aromatic rings. The van der Waals surface area contributed by atoms with Crippen LogP contribution in [0.4, 0.5) is 5.69 Å². The number of hydrogen-bond acceptors (Lipinski definition) is 3. The Balaban J connectivity index is 2.51. The molecule has 0 heterocycles. The molecule has 0 aliphatic carbocycles. The van der Waals surface area contributed by atoms with Crippen LogP contribution in [-0.2, 0) is 0 Å². The van der Waals surface area contributed by atoms with Crippen molar-refractivity contribution in [2.45, 2.75) is 0 Å². The van der Waals surface area contributed by atoms with Crippen LogP contribution in [0, 0.1) is 0 Å². The monoisotopic (exact) mass is 212 g/mol. The minimum atomic E-state index is 0.485. The van der Waals surface area contributed by atoms with E-state index in [1.54, 1.807) is 6.07 Å². The average Bonchev–Trinajstić information content (AvgIpc) is 2.34. The van der Waals surface area contributed by atoms with E-state index in [0.29, 0.717) is 11.4 Å². The molecule has 0 saturated heterocycles. The Morgan fingerprint density at radius 1 is 0.938 bits per heavy atom. The number of oxime groups is 1. The molecule has 0 aromatic heterocycles.